The molecule has 4 nitrogen and oxygen atoms in total. The average Bonchev–Trinajstić information content (AvgIpc) is 2.42. The first-order chi connectivity index (χ1) is 8.90. The van der Waals surface area contributed by atoms with Crippen LogP contribution in [0.1, 0.15) is 18.9 Å². The summed E-state index contributed by atoms with van der Waals surface area (Å²) in [6, 6.07) is 6.01. The Hall–Kier alpha value is -0.980. The lowest BCUT2D eigenvalue weighted by Gasteiger charge is -2.31. The van der Waals surface area contributed by atoms with Crippen LogP contribution in [0.15, 0.2) is 24.3 Å². The molecule has 0 aliphatic rings. The number of benzene rings is 1. The first-order valence-corrected chi connectivity index (χ1v) is 7.99. The molecular formula is C13H20FNO3S. The van der Waals surface area contributed by atoms with Gasteiger partial charge in [0.05, 0.1) is 12.4 Å². The molecule has 0 saturated heterocycles. The number of nitrogens with two attached hydrogens (primary N) is 1. The van der Waals surface area contributed by atoms with E-state index < -0.39 is 21.1 Å². The Bertz CT molecular complexity index is 512. The third-order valence-corrected chi connectivity index (χ3v) is 5.18. The lowest BCUT2D eigenvalue weighted by atomic mass is 9.78. The summed E-state index contributed by atoms with van der Waals surface area (Å²) in [6.07, 6.45) is 0.108. The molecule has 19 heavy (non-hydrogen) atoms. The minimum Gasteiger partial charge on any atom is -0.395 e. The van der Waals surface area contributed by atoms with Crippen LogP contribution in [0.4, 0.5) is 4.39 Å². The molecule has 0 heterocycles. The van der Waals surface area contributed by atoms with Crippen LogP contribution in [0.3, 0.4) is 0 Å². The first-order valence-electron chi connectivity index (χ1n) is 6.17. The van der Waals surface area contributed by atoms with E-state index in [1.807, 2.05) is 0 Å². The molecule has 1 rings (SSSR count). The lowest BCUT2D eigenvalue weighted by molar-refractivity contribution is 0.189. The van der Waals surface area contributed by atoms with Crippen molar-refractivity contribution in [1.29, 1.82) is 0 Å². The monoisotopic (exact) mass is 289 g/mol. The molecule has 0 bridgehead atoms. The van der Waals surface area contributed by atoms with Gasteiger partial charge in [0.2, 0.25) is 0 Å². The van der Waals surface area contributed by atoms with Crippen LogP contribution in [0.5, 0.6) is 0 Å². The molecule has 0 fully saturated rings. The molecule has 0 aliphatic heterocycles. The Labute approximate surface area is 113 Å². The van der Waals surface area contributed by atoms with E-state index in [4.69, 9.17) is 5.73 Å². The Balaban J connectivity index is 3.08. The van der Waals surface area contributed by atoms with Crippen LogP contribution in [0, 0.1) is 5.82 Å². The van der Waals surface area contributed by atoms with Crippen molar-refractivity contribution in [3.8, 4) is 0 Å². The number of hydrogen-bond acceptors (Lipinski definition) is 4. The largest absolute Gasteiger partial charge is 0.395 e. The summed E-state index contributed by atoms with van der Waals surface area (Å²) in [5.74, 6) is -0.567. The highest BCUT2D eigenvalue weighted by atomic mass is 32.2. The second kappa shape index (κ2) is 6.45. The summed E-state index contributed by atoms with van der Waals surface area (Å²) in [7, 11) is -3.18. The van der Waals surface area contributed by atoms with Crippen LogP contribution >= 0.6 is 0 Å². The van der Waals surface area contributed by atoms with Gasteiger partial charge in [-0.15, -0.1) is 0 Å². The van der Waals surface area contributed by atoms with E-state index in [9.17, 15) is 17.9 Å². The fourth-order valence-electron chi connectivity index (χ4n) is 1.96. The fraction of sp³-hybridized carbons (Fsp3) is 0.538. The average molecular weight is 289 g/mol. The van der Waals surface area contributed by atoms with Crippen LogP contribution in [-0.2, 0) is 15.3 Å². The van der Waals surface area contributed by atoms with Gasteiger partial charge in [0.25, 0.3) is 0 Å². The second-order valence-corrected chi connectivity index (χ2v) is 7.08. The molecule has 0 radical (unpaired) electrons. The normalized spacial score (nSPS) is 15.2. The third-order valence-electron chi connectivity index (χ3n) is 3.47. The summed E-state index contributed by atoms with van der Waals surface area (Å²) in [4.78, 5) is 0. The standard InChI is InChI=1S/C13H20FNO3S/c1-2-19(17,18)8-7-13(9-15,10-16)11-5-3-4-6-12(11)14/h3-6,16H,2,7-10,15H2,1H3. The third kappa shape index (κ3) is 3.75. The minimum atomic E-state index is -3.18. The summed E-state index contributed by atoms with van der Waals surface area (Å²) in [5.41, 5.74) is 4.89. The van der Waals surface area contributed by atoms with Gasteiger partial charge in [-0.25, -0.2) is 12.8 Å². The quantitative estimate of drug-likeness (QED) is 0.779. The maximum absolute atomic E-state index is 13.8. The predicted octanol–water partition coefficient (Wildman–Crippen LogP) is 0.839. The van der Waals surface area contributed by atoms with Gasteiger partial charge in [-0.3, -0.25) is 0 Å². The predicted molar refractivity (Wildman–Crippen MR) is 73.2 cm³/mol. The van der Waals surface area contributed by atoms with Gasteiger partial charge in [0.15, 0.2) is 0 Å². The van der Waals surface area contributed by atoms with Gasteiger partial charge in [-0.2, -0.15) is 0 Å². The summed E-state index contributed by atoms with van der Waals surface area (Å²) in [5, 5.41) is 9.58. The van der Waals surface area contributed by atoms with Crippen LogP contribution in [-0.4, -0.2) is 38.2 Å². The van der Waals surface area contributed by atoms with Crippen molar-refractivity contribution in [2.24, 2.45) is 5.73 Å². The zero-order valence-electron chi connectivity index (χ0n) is 11.0. The highest BCUT2D eigenvalue weighted by Gasteiger charge is 2.33. The van der Waals surface area contributed by atoms with E-state index in [0.29, 0.717) is 0 Å². The molecule has 6 heteroatoms. The molecule has 0 aliphatic carbocycles. The van der Waals surface area contributed by atoms with Gasteiger partial charge < -0.3 is 10.8 Å². The van der Waals surface area contributed by atoms with Gasteiger partial charge in [0.1, 0.15) is 15.7 Å². The van der Waals surface area contributed by atoms with Gasteiger partial charge in [-0.1, -0.05) is 25.1 Å². The van der Waals surface area contributed by atoms with Crippen LogP contribution < -0.4 is 5.73 Å². The zero-order valence-corrected chi connectivity index (χ0v) is 11.8. The van der Waals surface area contributed by atoms with E-state index in [1.54, 1.807) is 19.1 Å². The maximum Gasteiger partial charge on any atom is 0.150 e. The Morgan fingerprint density at radius 1 is 1.37 bits per heavy atom. The van der Waals surface area contributed by atoms with Crippen LogP contribution in [0.25, 0.3) is 0 Å². The molecule has 1 aromatic carbocycles. The van der Waals surface area contributed by atoms with Crippen LogP contribution in [0.2, 0.25) is 0 Å². The summed E-state index contributed by atoms with van der Waals surface area (Å²) >= 11 is 0. The topological polar surface area (TPSA) is 80.4 Å². The molecule has 0 amide bonds. The van der Waals surface area contributed by atoms with E-state index in [0.717, 1.165) is 0 Å². The van der Waals surface area contributed by atoms with E-state index >= 15 is 0 Å². The number of aliphatic hydroxyl groups excluding tert-OH is 1. The van der Waals surface area contributed by atoms with E-state index in [-0.39, 0.29) is 36.6 Å². The lowest BCUT2D eigenvalue weighted by Crippen LogP contribution is -2.41. The number of halogens is 1. The smallest absolute Gasteiger partial charge is 0.150 e. The van der Waals surface area contributed by atoms with Gasteiger partial charge in [0, 0.05) is 17.7 Å². The summed E-state index contributed by atoms with van der Waals surface area (Å²) in [6.45, 7) is 1.16. The fourth-order valence-corrected chi connectivity index (χ4v) is 2.95. The Morgan fingerprint density at radius 2 is 2.00 bits per heavy atom. The number of hydrogen-bond donors (Lipinski definition) is 2. The molecule has 1 aromatic rings. The van der Waals surface area contributed by atoms with Crippen molar-refractivity contribution in [3.63, 3.8) is 0 Å². The second-order valence-electron chi connectivity index (χ2n) is 4.61. The molecular weight excluding hydrogens is 269 g/mol. The zero-order chi connectivity index (χ0) is 14.5. The molecule has 1 atom stereocenters. The molecule has 108 valence electrons. The van der Waals surface area contributed by atoms with Gasteiger partial charge >= 0.3 is 0 Å². The van der Waals surface area contributed by atoms with Crippen molar-refractivity contribution < 1.29 is 17.9 Å². The molecule has 0 spiro atoms. The first kappa shape index (κ1) is 16.1. The van der Waals surface area contributed by atoms with Crippen molar-refractivity contribution in [3.05, 3.63) is 35.6 Å². The van der Waals surface area contributed by atoms with Crippen molar-refractivity contribution in [2.75, 3.05) is 24.7 Å². The molecule has 0 aromatic heterocycles. The van der Waals surface area contributed by atoms with E-state index in [1.165, 1.54) is 12.1 Å². The number of rotatable bonds is 7. The van der Waals surface area contributed by atoms with Crippen molar-refractivity contribution in [1.82, 2.24) is 0 Å². The Kier molecular flexibility index (Phi) is 5.46. The highest BCUT2D eigenvalue weighted by Crippen LogP contribution is 2.29. The number of sulfone groups is 1. The number of aliphatic hydroxyl groups is 1. The van der Waals surface area contributed by atoms with E-state index in [2.05, 4.69) is 0 Å². The molecule has 3 N–H and O–H groups in total. The summed E-state index contributed by atoms with van der Waals surface area (Å²) < 4.78 is 37.0. The Morgan fingerprint density at radius 3 is 2.47 bits per heavy atom. The van der Waals surface area contributed by atoms with Crippen molar-refractivity contribution >= 4 is 9.84 Å². The minimum absolute atomic E-state index is 0.0103. The van der Waals surface area contributed by atoms with Gasteiger partial charge in [-0.05, 0) is 18.1 Å². The SMILES string of the molecule is CCS(=O)(=O)CCC(CN)(CO)c1ccccc1F. The maximum atomic E-state index is 13.8. The highest BCUT2D eigenvalue weighted by molar-refractivity contribution is 7.91. The molecule has 1 unspecified atom stereocenters. The molecule has 0 saturated carbocycles. The van der Waals surface area contributed by atoms with Crippen molar-refractivity contribution in [2.45, 2.75) is 18.8 Å².